The molecule has 3 rings (SSSR count). The summed E-state index contributed by atoms with van der Waals surface area (Å²) >= 11 is 0. The van der Waals surface area contributed by atoms with Crippen LogP contribution in [0.1, 0.15) is 63.2 Å². The molecule has 0 radical (unpaired) electrons. The average Bonchev–Trinajstić information content (AvgIpc) is 2.52. The zero-order valence-corrected chi connectivity index (χ0v) is 14.9. The van der Waals surface area contributed by atoms with Gasteiger partial charge in [-0.15, -0.1) is 0 Å². The molecule has 2 heterocycles. The summed E-state index contributed by atoms with van der Waals surface area (Å²) in [6, 6.07) is 3.53. The van der Waals surface area contributed by atoms with Gasteiger partial charge in [0.15, 0.2) is 0 Å². The molecule has 0 aromatic carbocycles. The smallest absolute Gasteiger partial charge is 0.255 e. The monoisotopic (exact) mass is 332 g/mol. The number of hydrogen-bond acceptors (Lipinski definition) is 4. The van der Waals surface area contributed by atoms with Crippen LogP contribution in [0.15, 0.2) is 18.3 Å². The van der Waals surface area contributed by atoms with Crippen LogP contribution >= 0.6 is 0 Å². The van der Waals surface area contributed by atoms with Gasteiger partial charge in [0.1, 0.15) is 5.60 Å². The number of aromatic nitrogens is 1. The van der Waals surface area contributed by atoms with Gasteiger partial charge in [-0.25, -0.2) is 4.98 Å². The number of piperidine rings is 1. The summed E-state index contributed by atoms with van der Waals surface area (Å²) < 4.78 is 5.70. The summed E-state index contributed by atoms with van der Waals surface area (Å²) in [5.74, 6) is 0.734. The predicted molar refractivity (Wildman–Crippen MR) is 92.0 cm³/mol. The Hall–Kier alpha value is -1.62. The lowest BCUT2D eigenvalue weighted by Gasteiger charge is -2.47. The summed E-state index contributed by atoms with van der Waals surface area (Å²) in [4.78, 5) is 18.9. The minimum absolute atomic E-state index is 0.00238. The second-order valence-corrected chi connectivity index (χ2v) is 8.15. The second-order valence-electron chi connectivity index (χ2n) is 8.15. The summed E-state index contributed by atoms with van der Waals surface area (Å²) in [6.07, 6.45) is 6.40. The van der Waals surface area contributed by atoms with E-state index in [4.69, 9.17) is 4.74 Å². The van der Waals surface area contributed by atoms with Crippen LogP contribution in [0.5, 0.6) is 5.88 Å². The van der Waals surface area contributed by atoms with Gasteiger partial charge in [0.2, 0.25) is 5.88 Å². The Morgan fingerprint density at radius 1 is 1.33 bits per heavy atom. The van der Waals surface area contributed by atoms with Gasteiger partial charge in [-0.05, 0) is 46.1 Å². The van der Waals surface area contributed by atoms with E-state index in [2.05, 4.69) is 4.98 Å². The summed E-state index contributed by atoms with van der Waals surface area (Å²) in [7, 11) is 0. The number of likely N-dealkylation sites (tertiary alicyclic amines) is 1. The third-order valence-electron chi connectivity index (χ3n) is 5.11. The number of amides is 1. The Bertz CT molecular complexity index is 594. The number of rotatable bonds is 2. The quantitative estimate of drug-likeness (QED) is 0.904. The molecule has 1 aliphatic heterocycles. The molecule has 5 nitrogen and oxygen atoms in total. The molecule has 1 amide bonds. The first-order valence-electron chi connectivity index (χ1n) is 8.94. The van der Waals surface area contributed by atoms with E-state index in [0.29, 0.717) is 31.0 Å². The maximum atomic E-state index is 12.7. The maximum absolute atomic E-state index is 12.7. The predicted octanol–water partition coefficient (Wildman–Crippen LogP) is 3.03. The lowest BCUT2D eigenvalue weighted by atomic mass is 9.71. The highest BCUT2D eigenvalue weighted by atomic mass is 16.5. The standard InChI is InChI=1S/C19H28N2O3/c1-18(2,3)24-16-8-7-14(12-20-16)17(22)21-11-10-19(23)9-5-4-6-15(19)13-21/h7-8,12,15,23H,4-6,9-11,13H2,1-3H3. The molecule has 1 aromatic heterocycles. The van der Waals surface area contributed by atoms with Gasteiger partial charge in [-0.1, -0.05) is 12.8 Å². The largest absolute Gasteiger partial charge is 0.472 e. The van der Waals surface area contributed by atoms with Crippen molar-refractivity contribution in [2.75, 3.05) is 13.1 Å². The van der Waals surface area contributed by atoms with Crippen LogP contribution in [0, 0.1) is 5.92 Å². The molecule has 1 saturated carbocycles. The van der Waals surface area contributed by atoms with Crippen molar-refractivity contribution in [3.63, 3.8) is 0 Å². The van der Waals surface area contributed by atoms with Crippen molar-refractivity contribution in [3.8, 4) is 5.88 Å². The topological polar surface area (TPSA) is 62.7 Å². The molecule has 132 valence electrons. The van der Waals surface area contributed by atoms with Crippen molar-refractivity contribution in [1.29, 1.82) is 0 Å². The Morgan fingerprint density at radius 2 is 2.12 bits per heavy atom. The first-order chi connectivity index (χ1) is 11.3. The van der Waals surface area contributed by atoms with Gasteiger partial charge in [0.05, 0.1) is 11.2 Å². The fourth-order valence-electron chi connectivity index (χ4n) is 3.82. The number of hydrogen-bond donors (Lipinski definition) is 1. The maximum Gasteiger partial charge on any atom is 0.255 e. The molecule has 1 saturated heterocycles. The minimum atomic E-state index is -0.558. The number of nitrogens with zero attached hydrogens (tertiary/aromatic N) is 2. The van der Waals surface area contributed by atoms with Crippen LogP contribution in [0.2, 0.25) is 0 Å². The normalized spacial score (nSPS) is 27.5. The molecule has 1 aliphatic carbocycles. The minimum Gasteiger partial charge on any atom is -0.472 e. The van der Waals surface area contributed by atoms with Gasteiger partial charge < -0.3 is 14.7 Å². The summed E-state index contributed by atoms with van der Waals surface area (Å²) in [5, 5.41) is 10.7. The van der Waals surface area contributed by atoms with Gasteiger partial charge in [0, 0.05) is 31.3 Å². The van der Waals surface area contributed by atoms with E-state index in [1.807, 2.05) is 25.7 Å². The second kappa shape index (κ2) is 6.36. The molecule has 2 unspecified atom stereocenters. The van der Waals surface area contributed by atoms with E-state index < -0.39 is 5.60 Å². The highest BCUT2D eigenvalue weighted by molar-refractivity contribution is 5.94. The number of pyridine rings is 1. The fourth-order valence-corrected chi connectivity index (χ4v) is 3.82. The van der Waals surface area contributed by atoms with Gasteiger partial charge in [0.25, 0.3) is 5.91 Å². The number of carbonyl (C=O) groups is 1. The summed E-state index contributed by atoms with van der Waals surface area (Å²) in [6.45, 7) is 7.16. The van der Waals surface area contributed by atoms with Crippen LogP contribution in [0.3, 0.4) is 0 Å². The highest BCUT2D eigenvalue weighted by Gasteiger charge is 2.43. The molecule has 2 aliphatic rings. The Balaban J connectivity index is 1.66. The zero-order valence-electron chi connectivity index (χ0n) is 14.9. The van der Waals surface area contributed by atoms with Gasteiger partial charge >= 0.3 is 0 Å². The van der Waals surface area contributed by atoms with E-state index in [1.54, 1.807) is 18.3 Å². The molecule has 0 bridgehead atoms. The Morgan fingerprint density at radius 3 is 2.79 bits per heavy atom. The first kappa shape index (κ1) is 17.2. The molecule has 5 heteroatoms. The van der Waals surface area contributed by atoms with Crippen LogP contribution in [0.25, 0.3) is 0 Å². The molecule has 24 heavy (non-hydrogen) atoms. The van der Waals surface area contributed by atoms with Gasteiger partial charge in [-0.2, -0.15) is 0 Å². The van der Waals surface area contributed by atoms with Crippen molar-refractivity contribution in [2.24, 2.45) is 5.92 Å². The third-order valence-corrected chi connectivity index (χ3v) is 5.11. The lowest BCUT2D eigenvalue weighted by Crippen LogP contribution is -2.54. The van der Waals surface area contributed by atoms with E-state index in [-0.39, 0.29) is 17.4 Å². The van der Waals surface area contributed by atoms with Gasteiger partial charge in [-0.3, -0.25) is 4.79 Å². The fraction of sp³-hybridized carbons (Fsp3) is 0.684. The van der Waals surface area contributed by atoms with Crippen LogP contribution < -0.4 is 4.74 Å². The highest BCUT2D eigenvalue weighted by Crippen LogP contribution is 2.40. The van der Waals surface area contributed by atoms with Crippen molar-refractivity contribution in [1.82, 2.24) is 9.88 Å². The molecule has 1 aromatic rings. The Labute approximate surface area is 144 Å². The molecule has 2 fully saturated rings. The average molecular weight is 332 g/mol. The van der Waals surface area contributed by atoms with E-state index in [0.717, 1.165) is 25.7 Å². The zero-order chi connectivity index (χ0) is 17.4. The molecule has 0 spiro atoms. The van der Waals surface area contributed by atoms with Crippen molar-refractivity contribution in [3.05, 3.63) is 23.9 Å². The van der Waals surface area contributed by atoms with Crippen molar-refractivity contribution >= 4 is 5.91 Å². The van der Waals surface area contributed by atoms with Crippen molar-refractivity contribution < 1.29 is 14.6 Å². The van der Waals surface area contributed by atoms with E-state index in [9.17, 15) is 9.90 Å². The molecule has 2 atom stereocenters. The number of aliphatic hydroxyl groups is 1. The van der Waals surface area contributed by atoms with Crippen LogP contribution in [0.4, 0.5) is 0 Å². The summed E-state index contributed by atoms with van der Waals surface area (Å²) in [5.41, 5.74) is -0.286. The van der Waals surface area contributed by atoms with Crippen LogP contribution in [-0.2, 0) is 0 Å². The van der Waals surface area contributed by atoms with E-state index in [1.165, 1.54) is 0 Å². The third kappa shape index (κ3) is 3.72. The Kier molecular flexibility index (Phi) is 4.56. The SMILES string of the molecule is CC(C)(C)Oc1ccc(C(=O)N2CCC3(O)CCCCC3C2)cn1. The molecular formula is C19H28N2O3. The first-order valence-corrected chi connectivity index (χ1v) is 8.94. The van der Waals surface area contributed by atoms with E-state index >= 15 is 0 Å². The van der Waals surface area contributed by atoms with Crippen molar-refractivity contribution in [2.45, 2.75) is 64.1 Å². The van der Waals surface area contributed by atoms with Crippen LogP contribution in [-0.4, -0.2) is 45.2 Å². The number of ether oxygens (including phenoxy) is 1. The number of carbonyl (C=O) groups excluding carboxylic acids is 1. The number of fused-ring (bicyclic) bond motifs is 1. The molecule has 1 N–H and O–H groups in total. The molecular weight excluding hydrogens is 304 g/mol. The lowest BCUT2D eigenvalue weighted by molar-refractivity contribution is -0.0886.